The van der Waals surface area contributed by atoms with E-state index in [1.54, 1.807) is 0 Å². The molecule has 0 unspecified atom stereocenters. The number of nitrogen functional groups attached to an aromatic ring is 1. The Bertz CT molecular complexity index is 573. The molecule has 1 aromatic carbocycles. The number of nitrogens with two attached hydrogens (primary N) is 1. The first-order valence-corrected chi connectivity index (χ1v) is 5.32. The number of hydrogen-bond acceptors (Lipinski definition) is 5. The zero-order chi connectivity index (χ0) is 12.3. The summed E-state index contributed by atoms with van der Waals surface area (Å²) < 4.78 is 0. The molecule has 0 aliphatic carbocycles. The summed E-state index contributed by atoms with van der Waals surface area (Å²) in [6.07, 6.45) is 0.435. The van der Waals surface area contributed by atoms with E-state index in [-0.39, 0.29) is 0 Å². The molecule has 2 N–H and O–H groups in total. The summed E-state index contributed by atoms with van der Waals surface area (Å²) in [5.41, 5.74) is 7.45. The van der Waals surface area contributed by atoms with E-state index >= 15 is 0 Å². The number of hydrogen-bond donors (Lipinski definition) is 1. The maximum Gasteiger partial charge on any atom is 0.171 e. The van der Waals surface area contributed by atoms with Crippen molar-refractivity contribution in [1.82, 2.24) is 9.97 Å². The van der Waals surface area contributed by atoms with Crippen molar-refractivity contribution in [2.45, 2.75) is 6.42 Å². The highest BCUT2D eigenvalue weighted by Gasteiger charge is 2.09. The van der Waals surface area contributed by atoms with E-state index in [4.69, 9.17) is 11.0 Å². The van der Waals surface area contributed by atoms with Crippen molar-refractivity contribution in [2.24, 2.45) is 0 Å². The number of aromatic nitrogens is 2. The van der Waals surface area contributed by atoms with E-state index in [0.717, 1.165) is 11.0 Å². The largest absolute Gasteiger partial charge is 0.381 e. The van der Waals surface area contributed by atoms with Crippen LogP contribution in [0.2, 0.25) is 0 Å². The van der Waals surface area contributed by atoms with E-state index in [9.17, 15) is 0 Å². The van der Waals surface area contributed by atoms with Crippen LogP contribution in [0, 0.1) is 11.3 Å². The molecule has 17 heavy (non-hydrogen) atoms. The van der Waals surface area contributed by atoms with Crippen LogP contribution in [0.25, 0.3) is 11.0 Å². The van der Waals surface area contributed by atoms with Crippen molar-refractivity contribution in [3.05, 3.63) is 24.3 Å². The number of nitriles is 1. The molecule has 0 saturated carbocycles. The van der Waals surface area contributed by atoms with Gasteiger partial charge in [-0.2, -0.15) is 5.26 Å². The molecule has 5 heteroatoms. The molecule has 0 fully saturated rings. The second-order valence-electron chi connectivity index (χ2n) is 3.75. The molecule has 86 valence electrons. The molecule has 0 bridgehead atoms. The number of benzene rings is 1. The van der Waals surface area contributed by atoms with Crippen molar-refractivity contribution in [1.29, 1.82) is 5.26 Å². The monoisotopic (exact) mass is 227 g/mol. The average molecular weight is 227 g/mol. The lowest BCUT2D eigenvalue weighted by molar-refractivity contribution is 0.887. The van der Waals surface area contributed by atoms with E-state index in [1.807, 2.05) is 36.2 Å². The predicted molar refractivity (Wildman–Crippen MR) is 67.5 cm³/mol. The van der Waals surface area contributed by atoms with Gasteiger partial charge in [0.15, 0.2) is 11.6 Å². The minimum Gasteiger partial charge on any atom is -0.381 e. The molecule has 5 nitrogen and oxygen atoms in total. The van der Waals surface area contributed by atoms with Crippen LogP contribution < -0.4 is 10.6 Å². The number of nitrogens with zero attached hydrogens (tertiary/aromatic N) is 4. The van der Waals surface area contributed by atoms with Crippen molar-refractivity contribution in [3.8, 4) is 6.07 Å². The van der Waals surface area contributed by atoms with Crippen LogP contribution in [0.4, 0.5) is 11.6 Å². The lowest BCUT2D eigenvalue weighted by atomic mass is 10.3. The molecular weight excluding hydrogens is 214 g/mol. The summed E-state index contributed by atoms with van der Waals surface area (Å²) in [6.45, 7) is 0.591. The topological polar surface area (TPSA) is 78.8 Å². The second-order valence-corrected chi connectivity index (χ2v) is 3.75. The third-order valence-corrected chi connectivity index (χ3v) is 2.50. The highest BCUT2D eigenvalue weighted by atomic mass is 15.2. The molecule has 0 radical (unpaired) electrons. The quantitative estimate of drug-likeness (QED) is 0.860. The van der Waals surface area contributed by atoms with Gasteiger partial charge in [-0.15, -0.1) is 0 Å². The Morgan fingerprint density at radius 1 is 1.29 bits per heavy atom. The highest BCUT2D eigenvalue weighted by Crippen LogP contribution is 2.21. The number of fused-ring (bicyclic) bond motifs is 1. The van der Waals surface area contributed by atoms with Crippen LogP contribution >= 0.6 is 0 Å². The Morgan fingerprint density at radius 3 is 2.59 bits per heavy atom. The highest BCUT2D eigenvalue weighted by molar-refractivity contribution is 5.79. The molecule has 0 amide bonds. The Morgan fingerprint density at radius 2 is 1.94 bits per heavy atom. The summed E-state index contributed by atoms with van der Waals surface area (Å²) in [5.74, 6) is 1.02. The van der Waals surface area contributed by atoms with Crippen LogP contribution in [-0.4, -0.2) is 23.6 Å². The van der Waals surface area contributed by atoms with E-state index in [2.05, 4.69) is 16.0 Å². The molecule has 2 aromatic rings. The van der Waals surface area contributed by atoms with Crippen molar-refractivity contribution in [3.63, 3.8) is 0 Å². The molecule has 0 atom stereocenters. The van der Waals surface area contributed by atoms with Crippen LogP contribution in [0.1, 0.15) is 6.42 Å². The lowest BCUT2D eigenvalue weighted by Crippen LogP contribution is -2.21. The molecule has 0 spiro atoms. The first-order valence-electron chi connectivity index (χ1n) is 5.32. The summed E-state index contributed by atoms with van der Waals surface area (Å²) >= 11 is 0. The molecule has 0 aliphatic rings. The first kappa shape index (κ1) is 11.1. The predicted octanol–water partition coefficient (Wildman–Crippen LogP) is 1.56. The second kappa shape index (κ2) is 4.66. The fraction of sp³-hybridized carbons (Fsp3) is 0.250. The first-order chi connectivity index (χ1) is 8.22. The third-order valence-electron chi connectivity index (χ3n) is 2.50. The number of para-hydroxylation sites is 2. The summed E-state index contributed by atoms with van der Waals surface area (Å²) in [5, 5.41) is 8.56. The zero-order valence-corrected chi connectivity index (χ0v) is 9.59. The van der Waals surface area contributed by atoms with Gasteiger partial charge < -0.3 is 10.6 Å². The maximum atomic E-state index is 8.56. The van der Waals surface area contributed by atoms with Gasteiger partial charge in [-0.25, -0.2) is 9.97 Å². The Labute approximate surface area is 99.5 Å². The third kappa shape index (κ3) is 2.26. The average Bonchev–Trinajstić information content (AvgIpc) is 2.35. The van der Waals surface area contributed by atoms with Gasteiger partial charge in [0.1, 0.15) is 0 Å². The van der Waals surface area contributed by atoms with Gasteiger partial charge in [0.05, 0.1) is 23.5 Å². The fourth-order valence-electron chi connectivity index (χ4n) is 1.61. The van der Waals surface area contributed by atoms with Crippen molar-refractivity contribution >= 4 is 22.7 Å². The summed E-state index contributed by atoms with van der Waals surface area (Å²) in [7, 11) is 1.85. The summed E-state index contributed by atoms with van der Waals surface area (Å²) in [6, 6.07) is 9.67. The Kier molecular flexibility index (Phi) is 3.06. The SMILES string of the molecule is CN(CCC#N)c1nc2ccccc2nc1N. The summed E-state index contributed by atoms with van der Waals surface area (Å²) in [4.78, 5) is 10.6. The molecular formula is C12H13N5. The zero-order valence-electron chi connectivity index (χ0n) is 9.59. The van der Waals surface area contributed by atoms with Gasteiger partial charge in [-0.3, -0.25) is 0 Å². The van der Waals surface area contributed by atoms with Gasteiger partial charge in [0.2, 0.25) is 0 Å². The Hall–Kier alpha value is -2.35. The molecule has 0 aliphatic heterocycles. The Balaban J connectivity index is 2.40. The molecule has 1 aromatic heterocycles. The van der Waals surface area contributed by atoms with Crippen LogP contribution in [0.3, 0.4) is 0 Å². The van der Waals surface area contributed by atoms with Gasteiger partial charge >= 0.3 is 0 Å². The van der Waals surface area contributed by atoms with Gasteiger partial charge in [-0.05, 0) is 12.1 Å². The lowest BCUT2D eigenvalue weighted by Gasteiger charge is -2.18. The maximum absolute atomic E-state index is 8.56. The molecule has 0 saturated heterocycles. The van der Waals surface area contributed by atoms with E-state index < -0.39 is 0 Å². The minimum absolute atomic E-state index is 0.393. The van der Waals surface area contributed by atoms with Crippen LogP contribution in [-0.2, 0) is 0 Å². The van der Waals surface area contributed by atoms with Gasteiger partial charge in [0, 0.05) is 13.6 Å². The van der Waals surface area contributed by atoms with Crippen molar-refractivity contribution < 1.29 is 0 Å². The molecule has 1 heterocycles. The van der Waals surface area contributed by atoms with Crippen LogP contribution in [0.15, 0.2) is 24.3 Å². The standard InChI is InChI=1S/C12H13N5/c1-17(8-4-7-13)12-11(14)15-9-5-2-3-6-10(9)16-12/h2-3,5-6H,4,8H2,1H3,(H2,14,15). The smallest absolute Gasteiger partial charge is 0.171 e. The molecule has 2 rings (SSSR count). The minimum atomic E-state index is 0.393. The van der Waals surface area contributed by atoms with E-state index in [1.165, 1.54) is 0 Å². The number of rotatable bonds is 3. The normalized spacial score (nSPS) is 10.1. The van der Waals surface area contributed by atoms with Gasteiger partial charge in [0.25, 0.3) is 0 Å². The van der Waals surface area contributed by atoms with E-state index in [0.29, 0.717) is 24.6 Å². The fourth-order valence-corrected chi connectivity index (χ4v) is 1.61. The number of anilines is 2. The van der Waals surface area contributed by atoms with Crippen molar-refractivity contribution in [2.75, 3.05) is 24.2 Å². The van der Waals surface area contributed by atoms with Crippen LogP contribution in [0.5, 0.6) is 0 Å². The van der Waals surface area contributed by atoms with Gasteiger partial charge in [-0.1, -0.05) is 12.1 Å².